The zero-order valence-corrected chi connectivity index (χ0v) is 9.77. The van der Waals surface area contributed by atoms with Gasteiger partial charge in [0.15, 0.2) is 0 Å². The highest BCUT2D eigenvalue weighted by Crippen LogP contribution is 2.12. The van der Waals surface area contributed by atoms with Crippen LogP contribution in [0, 0.1) is 17.1 Å². The number of nitrogens with zero attached hydrogens (tertiary/aromatic N) is 1. The molecule has 2 nitrogen and oxygen atoms in total. The molecule has 0 aromatic heterocycles. The Labute approximate surface area is 105 Å². The van der Waals surface area contributed by atoms with E-state index in [1.54, 1.807) is 24.3 Å². The second-order valence-corrected chi connectivity index (χ2v) is 3.86. The largest absolute Gasteiger partial charge is 0.493 e. The highest BCUT2D eigenvalue weighted by molar-refractivity contribution is 5.31. The van der Waals surface area contributed by atoms with Gasteiger partial charge in [0.25, 0.3) is 0 Å². The molecule has 0 N–H and O–H groups in total. The fraction of sp³-hybridized carbons (Fsp3) is 0.133. The number of ether oxygens (including phenoxy) is 1. The lowest BCUT2D eigenvalue weighted by Crippen LogP contribution is -2.01. The molecule has 0 amide bonds. The fourth-order valence-electron chi connectivity index (χ4n) is 1.59. The van der Waals surface area contributed by atoms with Crippen molar-refractivity contribution in [2.45, 2.75) is 6.42 Å². The van der Waals surface area contributed by atoms with Gasteiger partial charge in [-0.15, -0.1) is 0 Å². The van der Waals surface area contributed by atoms with E-state index in [1.165, 1.54) is 12.1 Å². The molecular formula is C15H12FNO. The monoisotopic (exact) mass is 241 g/mol. The maximum absolute atomic E-state index is 12.9. The van der Waals surface area contributed by atoms with Crippen LogP contribution in [0.15, 0.2) is 48.5 Å². The van der Waals surface area contributed by atoms with Crippen molar-refractivity contribution in [3.63, 3.8) is 0 Å². The first-order chi connectivity index (χ1) is 8.78. The Morgan fingerprint density at radius 1 is 1.11 bits per heavy atom. The molecule has 0 heterocycles. The number of benzene rings is 2. The van der Waals surface area contributed by atoms with E-state index in [-0.39, 0.29) is 5.82 Å². The maximum Gasteiger partial charge on any atom is 0.126 e. The molecule has 0 radical (unpaired) electrons. The van der Waals surface area contributed by atoms with Gasteiger partial charge in [0.1, 0.15) is 11.6 Å². The number of hydrogen-bond acceptors (Lipinski definition) is 2. The molecular weight excluding hydrogens is 229 g/mol. The first-order valence-corrected chi connectivity index (χ1v) is 5.65. The second-order valence-electron chi connectivity index (χ2n) is 3.86. The van der Waals surface area contributed by atoms with Crippen LogP contribution in [0.25, 0.3) is 0 Å². The van der Waals surface area contributed by atoms with Crippen molar-refractivity contribution in [1.29, 1.82) is 5.26 Å². The molecule has 0 fully saturated rings. The zero-order valence-electron chi connectivity index (χ0n) is 9.77. The lowest BCUT2D eigenvalue weighted by molar-refractivity contribution is 0.320. The summed E-state index contributed by atoms with van der Waals surface area (Å²) in [5, 5.41) is 8.67. The van der Waals surface area contributed by atoms with Crippen LogP contribution >= 0.6 is 0 Å². The van der Waals surface area contributed by atoms with Crippen LogP contribution in [-0.4, -0.2) is 6.61 Å². The Balaban J connectivity index is 1.86. The summed E-state index contributed by atoms with van der Waals surface area (Å²) in [7, 11) is 0. The Hall–Kier alpha value is -2.34. The minimum absolute atomic E-state index is 0.300. The number of nitriles is 1. The summed E-state index contributed by atoms with van der Waals surface area (Å²) < 4.78 is 18.3. The third-order valence-corrected chi connectivity index (χ3v) is 2.54. The highest BCUT2D eigenvalue weighted by Gasteiger charge is 1.98. The smallest absolute Gasteiger partial charge is 0.126 e. The Morgan fingerprint density at radius 2 is 1.89 bits per heavy atom. The van der Waals surface area contributed by atoms with Crippen molar-refractivity contribution in [1.82, 2.24) is 0 Å². The van der Waals surface area contributed by atoms with E-state index in [2.05, 4.69) is 6.07 Å². The van der Waals surface area contributed by atoms with Crippen molar-refractivity contribution in [3.05, 3.63) is 65.5 Å². The quantitative estimate of drug-likeness (QED) is 0.822. The molecule has 0 aliphatic heterocycles. The van der Waals surface area contributed by atoms with Crippen molar-refractivity contribution in [2.75, 3.05) is 6.61 Å². The summed E-state index contributed by atoms with van der Waals surface area (Å²) in [6.07, 6.45) is 0.724. The van der Waals surface area contributed by atoms with Gasteiger partial charge in [-0.2, -0.15) is 5.26 Å². The second kappa shape index (κ2) is 5.83. The van der Waals surface area contributed by atoms with E-state index in [4.69, 9.17) is 10.00 Å². The molecule has 0 saturated carbocycles. The van der Waals surface area contributed by atoms with E-state index < -0.39 is 0 Å². The Bertz CT molecular complexity index is 557. The lowest BCUT2D eigenvalue weighted by Gasteiger charge is -2.06. The van der Waals surface area contributed by atoms with Crippen LogP contribution < -0.4 is 4.74 Å². The SMILES string of the molecule is N#Cc1ccc(CCOc2cccc(F)c2)cc1. The van der Waals surface area contributed by atoms with Crippen molar-refractivity contribution >= 4 is 0 Å². The summed E-state index contributed by atoms with van der Waals surface area (Å²) >= 11 is 0. The van der Waals surface area contributed by atoms with Crippen LogP contribution in [0.1, 0.15) is 11.1 Å². The molecule has 2 rings (SSSR count). The summed E-state index contributed by atoms with van der Waals surface area (Å²) in [6.45, 7) is 0.482. The summed E-state index contributed by atoms with van der Waals surface area (Å²) in [4.78, 5) is 0. The molecule has 0 spiro atoms. The molecule has 2 aromatic carbocycles. The first-order valence-electron chi connectivity index (χ1n) is 5.65. The molecule has 90 valence electrons. The van der Waals surface area contributed by atoms with Gasteiger partial charge in [-0.25, -0.2) is 4.39 Å². The number of halogens is 1. The van der Waals surface area contributed by atoms with E-state index in [9.17, 15) is 4.39 Å². The van der Waals surface area contributed by atoms with E-state index in [0.717, 1.165) is 12.0 Å². The van der Waals surface area contributed by atoms with Gasteiger partial charge >= 0.3 is 0 Å². The van der Waals surface area contributed by atoms with Crippen molar-refractivity contribution < 1.29 is 9.13 Å². The third kappa shape index (κ3) is 3.33. The van der Waals surface area contributed by atoms with Gasteiger partial charge in [0.2, 0.25) is 0 Å². The molecule has 2 aromatic rings. The van der Waals surface area contributed by atoms with Gasteiger partial charge in [-0.3, -0.25) is 0 Å². The molecule has 3 heteroatoms. The predicted molar refractivity (Wildman–Crippen MR) is 66.8 cm³/mol. The van der Waals surface area contributed by atoms with Crippen molar-refractivity contribution in [2.24, 2.45) is 0 Å². The van der Waals surface area contributed by atoms with Crippen LogP contribution in [0.4, 0.5) is 4.39 Å². The Morgan fingerprint density at radius 3 is 2.56 bits per heavy atom. The van der Waals surface area contributed by atoms with E-state index in [1.807, 2.05) is 12.1 Å². The maximum atomic E-state index is 12.9. The lowest BCUT2D eigenvalue weighted by atomic mass is 10.1. The molecule has 0 aliphatic rings. The van der Waals surface area contributed by atoms with Gasteiger partial charge in [0, 0.05) is 12.5 Å². The third-order valence-electron chi connectivity index (χ3n) is 2.54. The predicted octanol–water partition coefficient (Wildman–Crippen LogP) is 3.32. The summed E-state index contributed by atoms with van der Waals surface area (Å²) in [5.41, 5.74) is 1.73. The van der Waals surface area contributed by atoms with Crippen LogP contribution in [0.2, 0.25) is 0 Å². The molecule has 0 unspecified atom stereocenters. The average Bonchev–Trinajstić information content (AvgIpc) is 2.40. The van der Waals surface area contributed by atoms with Crippen LogP contribution in [0.5, 0.6) is 5.75 Å². The van der Waals surface area contributed by atoms with Crippen LogP contribution in [-0.2, 0) is 6.42 Å². The fourth-order valence-corrected chi connectivity index (χ4v) is 1.59. The normalized spacial score (nSPS) is 9.78. The molecule has 0 aliphatic carbocycles. The summed E-state index contributed by atoms with van der Waals surface area (Å²) in [6, 6.07) is 15.5. The number of hydrogen-bond donors (Lipinski definition) is 0. The average molecular weight is 241 g/mol. The van der Waals surface area contributed by atoms with Gasteiger partial charge in [-0.1, -0.05) is 18.2 Å². The topological polar surface area (TPSA) is 33.0 Å². The first kappa shape index (κ1) is 12.1. The molecule has 0 atom stereocenters. The molecule has 0 saturated heterocycles. The zero-order chi connectivity index (χ0) is 12.8. The van der Waals surface area contributed by atoms with E-state index in [0.29, 0.717) is 17.9 Å². The highest BCUT2D eigenvalue weighted by atomic mass is 19.1. The van der Waals surface area contributed by atoms with Gasteiger partial charge in [-0.05, 0) is 29.8 Å². The van der Waals surface area contributed by atoms with Gasteiger partial charge < -0.3 is 4.74 Å². The van der Waals surface area contributed by atoms with Crippen molar-refractivity contribution in [3.8, 4) is 11.8 Å². The Kier molecular flexibility index (Phi) is 3.93. The minimum Gasteiger partial charge on any atom is -0.493 e. The summed E-state index contributed by atoms with van der Waals surface area (Å²) in [5.74, 6) is 0.231. The minimum atomic E-state index is -0.300. The molecule has 18 heavy (non-hydrogen) atoms. The van der Waals surface area contributed by atoms with E-state index >= 15 is 0 Å². The van der Waals surface area contributed by atoms with Gasteiger partial charge in [0.05, 0.1) is 18.2 Å². The standard InChI is InChI=1S/C15H12FNO/c16-14-2-1-3-15(10-14)18-9-8-12-4-6-13(11-17)7-5-12/h1-7,10H,8-9H2. The molecule has 0 bridgehead atoms. The van der Waals surface area contributed by atoms with Crippen LogP contribution in [0.3, 0.4) is 0 Å². The number of rotatable bonds is 4.